The lowest BCUT2D eigenvalue weighted by atomic mass is 10.2. The van der Waals surface area contributed by atoms with Crippen LogP contribution in [-0.2, 0) is 0 Å². The predicted molar refractivity (Wildman–Crippen MR) is 83.2 cm³/mol. The van der Waals surface area contributed by atoms with Crippen molar-refractivity contribution in [3.8, 4) is 5.75 Å². The molecule has 2 rings (SSSR count). The highest BCUT2D eigenvalue weighted by Crippen LogP contribution is 2.26. The molecule has 0 spiro atoms. The second-order valence-electron chi connectivity index (χ2n) is 4.06. The van der Waals surface area contributed by atoms with Crippen molar-refractivity contribution in [3.63, 3.8) is 0 Å². The van der Waals surface area contributed by atoms with Crippen LogP contribution in [0.5, 0.6) is 5.75 Å². The lowest BCUT2D eigenvalue weighted by Crippen LogP contribution is -2.06. The topological polar surface area (TPSA) is 46.5 Å². The molecule has 0 saturated carbocycles. The Labute approximate surface area is 124 Å². The SMILES string of the molecule is CC(C)Oc1ccc(/C=N\Nc2nccs2)cc1Br. The first-order chi connectivity index (χ1) is 9.15. The number of halogens is 1. The van der Waals surface area contributed by atoms with Crippen LogP contribution in [-0.4, -0.2) is 17.3 Å². The number of thiazole rings is 1. The molecule has 6 heteroatoms. The fourth-order valence-electron chi connectivity index (χ4n) is 1.39. The second kappa shape index (κ2) is 6.68. The van der Waals surface area contributed by atoms with Gasteiger partial charge in [-0.1, -0.05) is 0 Å². The first-order valence-electron chi connectivity index (χ1n) is 5.80. The van der Waals surface area contributed by atoms with E-state index in [0.29, 0.717) is 0 Å². The van der Waals surface area contributed by atoms with Gasteiger partial charge in [0.1, 0.15) is 5.75 Å². The Hall–Kier alpha value is -1.40. The van der Waals surface area contributed by atoms with E-state index >= 15 is 0 Å². The van der Waals surface area contributed by atoms with Crippen molar-refractivity contribution in [3.05, 3.63) is 39.8 Å². The summed E-state index contributed by atoms with van der Waals surface area (Å²) >= 11 is 4.99. The Balaban J connectivity index is 2.01. The van der Waals surface area contributed by atoms with Crippen LogP contribution in [0.15, 0.2) is 39.4 Å². The number of hydrogen-bond donors (Lipinski definition) is 1. The average molecular weight is 340 g/mol. The van der Waals surface area contributed by atoms with Crippen molar-refractivity contribution in [2.45, 2.75) is 20.0 Å². The van der Waals surface area contributed by atoms with Gasteiger partial charge in [0, 0.05) is 11.6 Å². The Kier molecular flexibility index (Phi) is 4.93. The van der Waals surface area contributed by atoms with Crippen molar-refractivity contribution in [1.29, 1.82) is 0 Å². The molecule has 2 aromatic rings. The first-order valence-corrected chi connectivity index (χ1v) is 7.47. The Morgan fingerprint density at radius 2 is 2.32 bits per heavy atom. The molecule has 0 atom stereocenters. The van der Waals surface area contributed by atoms with Gasteiger partial charge in [-0.25, -0.2) is 4.98 Å². The van der Waals surface area contributed by atoms with Crippen molar-refractivity contribution in [2.75, 3.05) is 5.43 Å². The predicted octanol–water partition coefficient (Wildman–Crippen LogP) is 4.14. The zero-order valence-electron chi connectivity index (χ0n) is 10.6. The van der Waals surface area contributed by atoms with Gasteiger partial charge in [-0.05, 0) is 53.5 Å². The number of benzene rings is 1. The number of nitrogens with one attached hydrogen (secondary N) is 1. The van der Waals surface area contributed by atoms with Crippen LogP contribution in [0.2, 0.25) is 0 Å². The normalized spacial score (nSPS) is 11.2. The molecule has 1 aromatic heterocycles. The second-order valence-corrected chi connectivity index (χ2v) is 5.81. The van der Waals surface area contributed by atoms with Crippen LogP contribution in [0.4, 0.5) is 5.13 Å². The quantitative estimate of drug-likeness (QED) is 0.657. The Morgan fingerprint density at radius 1 is 1.47 bits per heavy atom. The lowest BCUT2D eigenvalue weighted by molar-refractivity contribution is 0.241. The zero-order valence-corrected chi connectivity index (χ0v) is 13.0. The number of hydrazone groups is 1. The van der Waals surface area contributed by atoms with Gasteiger partial charge < -0.3 is 4.74 Å². The summed E-state index contributed by atoms with van der Waals surface area (Å²) < 4.78 is 6.56. The third-order valence-electron chi connectivity index (χ3n) is 2.12. The Morgan fingerprint density at radius 3 is 2.95 bits per heavy atom. The molecule has 0 saturated heterocycles. The van der Waals surface area contributed by atoms with Crippen molar-refractivity contribution in [1.82, 2.24) is 4.98 Å². The maximum Gasteiger partial charge on any atom is 0.203 e. The standard InChI is InChI=1S/C13H14BrN3OS/c1-9(2)18-12-4-3-10(7-11(12)14)8-16-17-13-15-5-6-19-13/h3-9H,1-2H3,(H,15,17)/b16-8-. The summed E-state index contributed by atoms with van der Waals surface area (Å²) in [5, 5.41) is 6.80. The fourth-order valence-corrected chi connectivity index (χ4v) is 2.36. The van der Waals surface area contributed by atoms with Crippen LogP contribution in [0.1, 0.15) is 19.4 Å². The number of anilines is 1. The molecule has 0 unspecified atom stereocenters. The van der Waals surface area contributed by atoms with E-state index in [1.54, 1.807) is 12.4 Å². The summed E-state index contributed by atoms with van der Waals surface area (Å²) in [6.45, 7) is 4.00. The molecular formula is C13H14BrN3OS. The number of aromatic nitrogens is 1. The van der Waals surface area contributed by atoms with E-state index in [-0.39, 0.29) is 6.10 Å². The summed E-state index contributed by atoms with van der Waals surface area (Å²) in [5.74, 6) is 0.833. The van der Waals surface area contributed by atoms with Crippen LogP contribution in [0, 0.1) is 0 Å². The maximum absolute atomic E-state index is 5.65. The maximum atomic E-state index is 5.65. The number of hydrogen-bond acceptors (Lipinski definition) is 5. The highest BCUT2D eigenvalue weighted by molar-refractivity contribution is 9.10. The van der Waals surface area contributed by atoms with E-state index in [2.05, 4.69) is 31.4 Å². The largest absolute Gasteiger partial charge is 0.490 e. The summed E-state index contributed by atoms with van der Waals surface area (Å²) in [4.78, 5) is 4.08. The summed E-state index contributed by atoms with van der Waals surface area (Å²) in [6, 6.07) is 5.84. The van der Waals surface area contributed by atoms with Crippen LogP contribution >= 0.6 is 27.3 Å². The van der Waals surface area contributed by atoms with Gasteiger partial charge in [-0.15, -0.1) is 11.3 Å². The first kappa shape index (κ1) is 14.0. The van der Waals surface area contributed by atoms with Gasteiger partial charge in [0.05, 0.1) is 16.8 Å². The van der Waals surface area contributed by atoms with Crippen molar-refractivity contribution in [2.24, 2.45) is 5.10 Å². The van der Waals surface area contributed by atoms with E-state index in [4.69, 9.17) is 4.74 Å². The number of nitrogens with zero attached hydrogens (tertiary/aromatic N) is 2. The minimum Gasteiger partial charge on any atom is -0.490 e. The van der Waals surface area contributed by atoms with Crippen molar-refractivity contribution >= 4 is 38.6 Å². The molecule has 0 radical (unpaired) electrons. The van der Waals surface area contributed by atoms with Gasteiger partial charge in [0.25, 0.3) is 0 Å². The van der Waals surface area contributed by atoms with Crippen LogP contribution in [0.3, 0.4) is 0 Å². The van der Waals surface area contributed by atoms with Gasteiger partial charge in [0.15, 0.2) is 0 Å². The molecule has 0 aliphatic carbocycles. The lowest BCUT2D eigenvalue weighted by Gasteiger charge is -2.11. The van der Waals surface area contributed by atoms with E-state index in [1.807, 2.05) is 37.4 Å². The minimum atomic E-state index is 0.155. The van der Waals surface area contributed by atoms with E-state index in [0.717, 1.165) is 20.9 Å². The van der Waals surface area contributed by atoms with Crippen LogP contribution in [0.25, 0.3) is 0 Å². The van der Waals surface area contributed by atoms with E-state index in [1.165, 1.54) is 11.3 Å². The smallest absolute Gasteiger partial charge is 0.203 e. The molecule has 19 heavy (non-hydrogen) atoms. The van der Waals surface area contributed by atoms with Crippen LogP contribution < -0.4 is 10.2 Å². The third-order valence-corrected chi connectivity index (χ3v) is 3.42. The molecule has 0 bridgehead atoms. The summed E-state index contributed by atoms with van der Waals surface area (Å²) in [7, 11) is 0. The zero-order chi connectivity index (χ0) is 13.7. The monoisotopic (exact) mass is 339 g/mol. The fraction of sp³-hybridized carbons (Fsp3) is 0.231. The number of rotatable bonds is 5. The van der Waals surface area contributed by atoms with E-state index in [9.17, 15) is 0 Å². The average Bonchev–Trinajstić information content (AvgIpc) is 2.85. The molecule has 1 heterocycles. The summed E-state index contributed by atoms with van der Waals surface area (Å²) in [6.07, 6.45) is 3.63. The van der Waals surface area contributed by atoms with Gasteiger partial charge in [-0.2, -0.15) is 5.10 Å². The molecule has 1 N–H and O–H groups in total. The van der Waals surface area contributed by atoms with Gasteiger partial charge in [0.2, 0.25) is 5.13 Å². The molecule has 4 nitrogen and oxygen atoms in total. The van der Waals surface area contributed by atoms with Gasteiger partial charge >= 0.3 is 0 Å². The van der Waals surface area contributed by atoms with E-state index < -0.39 is 0 Å². The molecular weight excluding hydrogens is 326 g/mol. The van der Waals surface area contributed by atoms with Gasteiger partial charge in [-0.3, -0.25) is 5.43 Å². The molecule has 1 aromatic carbocycles. The number of ether oxygens (including phenoxy) is 1. The molecule has 0 aliphatic heterocycles. The van der Waals surface area contributed by atoms with Crippen molar-refractivity contribution < 1.29 is 4.74 Å². The molecule has 100 valence electrons. The third kappa shape index (κ3) is 4.33. The minimum absolute atomic E-state index is 0.155. The molecule has 0 amide bonds. The summed E-state index contributed by atoms with van der Waals surface area (Å²) in [5.41, 5.74) is 3.85. The highest BCUT2D eigenvalue weighted by atomic mass is 79.9. The Bertz CT molecular complexity index is 555. The molecule has 0 fully saturated rings. The molecule has 0 aliphatic rings. The highest BCUT2D eigenvalue weighted by Gasteiger charge is 2.03.